The third-order valence-corrected chi connectivity index (χ3v) is 5.48. The molecule has 1 aromatic rings. The fourth-order valence-electron chi connectivity index (χ4n) is 3.67. The van der Waals surface area contributed by atoms with Crippen molar-refractivity contribution in [2.45, 2.75) is 44.8 Å². The molecule has 2 heterocycles. The van der Waals surface area contributed by atoms with Crippen LogP contribution in [0.1, 0.15) is 38.3 Å². The van der Waals surface area contributed by atoms with Gasteiger partial charge in [0.25, 0.3) is 0 Å². The van der Waals surface area contributed by atoms with E-state index < -0.39 is 0 Å². The van der Waals surface area contributed by atoms with E-state index in [9.17, 15) is 4.79 Å². The molecule has 0 aliphatic carbocycles. The van der Waals surface area contributed by atoms with Crippen molar-refractivity contribution >= 4 is 17.5 Å². The summed E-state index contributed by atoms with van der Waals surface area (Å²) in [5.41, 5.74) is 7.50. The number of carbonyl (C=O) groups excluding carboxylic acids is 1. The van der Waals surface area contributed by atoms with Crippen LogP contribution in [0.4, 0.5) is 0 Å². The predicted molar refractivity (Wildman–Crippen MR) is 94.6 cm³/mol. The summed E-state index contributed by atoms with van der Waals surface area (Å²) in [6, 6.07) is 8.29. The van der Waals surface area contributed by atoms with Gasteiger partial charge in [-0.1, -0.05) is 23.7 Å². The number of halogens is 1. The Bertz CT molecular complexity index is 550. The van der Waals surface area contributed by atoms with Crippen LogP contribution in [0.5, 0.6) is 0 Å². The number of carbonyl (C=O) groups is 1. The zero-order chi connectivity index (χ0) is 17.1. The Morgan fingerprint density at radius 1 is 1.29 bits per heavy atom. The molecule has 2 saturated heterocycles. The first-order valence-corrected chi connectivity index (χ1v) is 9.06. The summed E-state index contributed by atoms with van der Waals surface area (Å²) in [5, 5.41) is 3.95. The predicted octanol–water partition coefficient (Wildman–Crippen LogP) is 2.42. The highest BCUT2D eigenvalue weighted by Gasteiger charge is 2.33. The number of nitrogens with one attached hydrogen (secondary N) is 3. The van der Waals surface area contributed by atoms with E-state index in [1.165, 1.54) is 0 Å². The van der Waals surface area contributed by atoms with E-state index in [1.54, 1.807) is 0 Å². The van der Waals surface area contributed by atoms with Crippen molar-refractivity contribution in [1.82, 2.24) is 16.2 Å². The smallest absolute Gasteiger partial charge is 0.220 e. The fraction of sp³-hybridized carbons (Fsp3) is 0.611. The van der Waals surface area contributed by atoms with E-state index >= 15 is 0 Å². The van der Waals surface area contributed by atoms with Crippen molar-refractivity contribution in [3.63, 3.8) is 0 Å². The highest BCUT2D eigenvalue weighted by Crippen LogP contribution is 2.30. The molecule has 0 spiro atoms. The standard InChI is InChI=1S/C18H26ClN3O2/c1-11-16(12(2)22-21-11)9-17(23)20-18(14-7-8-24-10-14)13-3-5-15(19)6-4-13/h3-6,11-12,14,16,18,21-22H,7-10H2,1-2H3,(H,20,23). The molecule has 132 valence electrons. The SMILES string of the molecule is CC1NNC(C)C1CC(=O)NC(c1ccc(Cl)cc1)C1CCOC1. The molecule has 1 aromatic carbocycles. The second-order valence-corrected chi connectivity index (χ2v) is 7.39. The van der Waals surface area contributed by atoms with Gasteiger partial charge in [0.1, 0.15) is 0 Å². The summed E-state index contributed by atoms with van der Waals surface area (Å²) in [7, 11) is 0. The van der Waals surface area contributed by atoms with E-state index in [1.807, 2.05) is 24.3 Å². The second kappa shape index (κ2) is 7.83. The second-order valence-electron chi connectivity index (χ2n) is 6.95. The summed E-state index contributed by atoms with van der Waals surface area (Å²) in [6.07, 6.45) is 1.48. The van der Waals surface area contributed by atoms with Gasteiger partial charge in [-0.05, 0) is 38.0 Å². The van der Waals surface area contributed by atoms with Gasteiger partial charge in [0.2, 0.25) is 5.91 Å². The normalized spacial score (nSPS) is 31.1. The minimum Gasteiger partial charge on any atom is -0.381 e. The topological polar surface area (TPSA) is 62.4 Å². The Hall–Kier alpha value is -1.14. The number of hydrazine groups is 1. The third-order valence-electron chi connectivity index (χ3n) is 5.23. The van der Waals surface area contributed by atoms with Crippen LogP contribution in [-0.4, -0.2) is 31.2 Å². The van der Waals surface area contributed by atoms with Crippen LogP contribution in [0.25, 0.3) is 0 Å². The first-order valence-electron chi connectivity index (χ1n) is 8.68. The third kappa shape index (κ3) is 4.09. The molecule has 4 unspecified atom stereocenters. The van der Waals surface area contributed by atoms with Crippen molar-refractivity contribution in [1.29, 1.82) is 0 Å². The van der Waals surface area contributed by atoms with Gasteiger partial charge < -0.3 is 10.1 Å². The molecule has 0 radical (unpaired) electrons. The van der Waals surface area contributed by atoms with Crippen LogP contribution >= 0.6 is 11.6 Å². The average Bonchev–Trinajstić information content (AvgIpc) is 3.19. The molecular formula is C18H26ClN3O2. The van der Waals surface area contributed by atoms with Crippen LogP contribution in [0, 0.1) is 11.8 Å². The molecule has 5 nitrogen and oxygen atoms in total. The number of rotatable bonds is 5. The van der Waals surface area contributed by atoms with E-state index in [4.69, 9.17) is 16.3 Å². The van der Waals surface area contributed by atoms with Crippen LogP contribution in [-0.2, 0) is 9.53 Å². The number of amides is 1. The van der Waals surface area contributed by atoms with E-state index in [0.29, 0.717) is 24.0 Å². The maximum Gasteiger partial charge on any atom is 0.220 e. The molecule has 2 aliphatic heterocycles. The molecule has 3 N–H and O–H groups in total. The van der Waals surface area contributed by atoms with Crippen molar-refractivity contribution in [3.05, 3.63) is 34.9 Å². The highest BCUT2D eigenvalue weighted by molar-refractivity contribution is 6.30. The first kappa shape index (κ1) is 17.7. The van der Waals surface area contributed by atoms with E-state index in [2.05, 4.69) is 30.0 Å². The maximum absolute atomic E-state index is 12.7. The van der Waals surface area contributed by atoms with Crippen molar-refractivity contribution in [3.8, 4) is 0 Å². The lowest BCUT2D eigenvalue weighted by Gasteiger charge is -2.26. The van der Waals surface area contributed by atoms with Gasteiger partial charge in [-0.2, -0.15) is 0 Å². The Labute approximate surface area is 148 Å². The molecule has 0 bridgehead atoms. The maximum atomic E-state index is 12.7. The summed E-state index contributed by atoms with van der Waals surface area (Å²) in [5.74, 6) is 0.691. The molecular weight excluding hydrogens is 326 g/mol. The molecule has 2 fully saturated rings. The van der Waals surface area contributed by atoms with Gasteiger partial charge in [0.15, 0.2) is 0 Å². The van der Waals surface area contributed by atoms with Gasteiger partial charge in [-0.3, -0.25) is 15.6 Å². The summed E-state index contributed by atoms with van der Waals surface area (Å²) >= 11 is 6.00. The monoisotopic (exact) mass is 351 g/mol. The molecule has 4 atom stereocenters. The minimum atomic E-state index is -0.0230. The van der Waals surface area contributed by atoms with Gasteiger partial charge in [-0.15, -0.1) is 0 Å². The molecule has 2 aliphatic rings. The average molecular weight is 352 g/mol. The van der Waals surface area contributed by atoms with Crippen molar-refractivity contribution < 1.29 is 9.53 Å². The number of ether oxygens (including phenoxy) is 1. The summed E-state index contributed by atoms with van der Waals surface area (Å²) in [4.78, 5) is 12.7. The molecule has 0 aromatic heterocycles. The zero-order valence-electron chi connectivity index (χ0n) is 14.2. The van der Waals surface area contributed by atoms with Gasteiger partial charge in [-0.25, -0.2) is 0 Å². The lowest BCUT2D eigenvalue weighted by atomic mass is 9.90. The largest absolute Gasteiger partial charge is 0.381 e. The van der Waals surface area contributed by atoms with Crippen molar-refractivity contribution in [2.75, 3.05) is 13.2 Å². The molecule has 0 saturated carbocycles. The van der Waals surface area contributed by atoms with Gasteiger partial charge in [0.05, 0.1) is 12.6 Å². The lowest BCUT2D eigenvalue weighted by Crippen LogP contribution is -2.37. The quantitative estimate of drug-likeness (QED) is 0.762. The van der Waals surface area contributed by atoms with Crippen LogP contribution in [0.3, 0.4) is 0 Å². The van der Waals surface area contributed by atoms with Crippen LogP contribution < -0.4 is 16.2 Å². The molecule has 3 rings (SSSR count). The summed E-state index contributed by atoms with van der Waals surface area (Å²) < 4.78 is 5.54. The van der Waals surface area contributed by atoms with E-state index in [-0.39, 0.29) is 30.0 Å². The summed E-state index contributed by atoms with van der Waals surface area (Å²) in [6.45, 7) is 5.66. The number of hydrogen-bond acceptors (Lipinski definition) is 4. The fourth-order valence-corrected chi connectivity index (χ4v) is 3.80. The Balaban J connectivity index is 1.69. The zero-order valence-corrected chi connectivity index (χ0v) is 15.0. The Morgan fingerprint density at radius 3 is 2.54 bits per heavy atom. The van der Waals surface area contributed by atoms with Gasteiger partial charge >= 0.3 is 0 Å². The highest BCUT2D eigenvalue weighted by atomic mass is 35.5. The van der Waals surface area contributed by atoms with E-state index in [0.717, 1.165) is 18.6 Å². The molecule has 1 amide bonds. The number of hydrogen-bond donors (Lipinski definition) is 3. The minimum absolute atomic E-state index is 0.0230. The lowest BCUT2D eigenvalue weighted by molar-refractivity contribution is -0.123. The van der Waals surface area contributed by atoms with Gasteiger partial charge in [0, 0.05) is 42.0 Å². The molecule has 6 heteroatoms. The number of benzene rings is 1. The Kier molecular flexibility index (Phi) is 5.76. The van der Waals surface area contributed by atoms with Crippen molar-refractivity contribution in [2.24, 2.45) is 11.8 Å². The van der Waals surface area contributed by atoms with Crippen LogP contribution in [0.2, 0.25) is 5.02 Å². The Morgan fingerprint density at radius 2 is 1.96 bits per heavy atom. The van der Waals surface area contributed by atoms with Crippen LogP contribution in [0.15, 0.2) is 24.3 Å². The first-order chi connectivity index (χ1) is 11.5. The molecule has 24 heavy (non-hydrogen) atoms.